The molecule has 1 saturated heterocycles. The highest BCUT2D eigenvalue weighted by molar-refractivity contribution is 5.93. The van der Waals surface area contributed by atoms with Crippen molar-refractivity contribution in [2.24, 2.45) is 5.92 Å². The van der Waals surface area contributed by atoms with Crippen LogP contribution in [0.25, 0.3) is 0 Å². The quantitative estimate of drug-likeness (QED) is 0.833. The van der Waals surface area contributed by atoms with Crippen LogP contribution >= 0.6 is 0 Å². The number of hydrogen-bond donors (Lipinski definition) is 0. The largest absolute Gasteiger partial charge is 0.493 e. The predicted octanol–water partition coefficient (Wildman–Crippen LogP) is 3.70. The van der Waals surface area contributed by atoms with Gasteiger partial charge in [-0.25, -0.2) is 0 Å². The molecule has 1 fully saturated rings. The Morgan fingerprint density at radius 3 is 2.76 bits per heavy atom. The molecule has 0 radical (unpaired) electrons. The molecule has 1 amide bonds. The molecule has 0 bridgehead atoms. The Balaban J connectivity index is 1.56. The molecular formula is C20H27N3O2. The van der Waals surface area contributed by atoms with Gasteiger partial charge in [-0.2, -0.15) is 5.10 Å². The highest BCUT2D eigenvalue weighted by Gasteiger charge is 2.25. The van der Waals surface area contributed by atoms with E-state index in [9.17, 15) is 4.79 Å². The number of carbonyl (C=O) groups is 1. The summed E-state index contributed by atoms with van der Waals surface area (Å²) in [6, 6.07) is 8.37. The maximum Gasteiger partial charge on any atom is 0.257 e. The van der Waals surface area contributed by atoms with Crippen molar-refractivity contribution >= 4 is 5.91 Å². The maximum atomic E-state index is 12.7. The lowest BCUT2D eigenvalue weighted by Crippen LogP contribution is -2.41. The normalized spacial score (nSPS) is 17.8. The predicted molar refractivity (Wildman–Crippen MR) is 97.9 cm³/mol. The zero-order chi connectivity index (χ0) is 17.8. The highest BCUT2D eigenvalue weighted by atomic mass is 16.5. The lowest BCUT2D eigenvalue weighted by molar-refractivity contribution is 0.0633. The third kappa shape index (κ3) is 4.41. The molecule has 3 rings (SSSR count). The molecular weight excluding hydrogens is 314 g/mol. The van der Waals surface area contributed by atoms with E-state index in [4.69, 9.17) is 4.74 Å². The number of rotatable bonds is 5. The number of aromatic nitrogens is 2. The molecule has 25 heavy (non-hydrogen) atoms. The molecule has 1 atom stereocenters. The molecule has 5 nitrogen and oxygen atoms in total. The molecule has 1 aromatic heterocycles. The van der Waals surface area contributed by atoms with Gasteiger partial charge >= 0.3 is 0 Å². The summed E-state index contributed by atoms with van der Waals surface area (Å²) in [5, 5.41) is 4.28. The summed E-state index contributed by atoms with van der Waals surface area (Å²) in [4.78, 5) is 14.7. The summed E-state index contributed by atoms with van der Waals surface area (Å²) < 4.78 is 7.74. The fourth-order valence-electron chi connectivity index (χ4n) is 3.15. The number of hydrogen-bond acceptors (Lipinski definition) is 3. The van der Waals surface area contributed by atoms with E-state index in [1.165, 1.54) is 5.56 Å². The minimum absolute atomic E-state index is 0.0759. The zero-order valence-electron chi connectivity index (χ0n) is 15.3. The van der Waals surface area contributed by atoms with Gasteiger partial charge < -0.3 is 9.64 Å². The topological polar surface area (TPSA) is 47.4 Å². The van der Waals surface area contributed by atoms with Gasteiger partial charge in [-0.1, -0.05) is 17.7 Å². The van der Waals surface area contributed by atoms with Gasteiger partial charge in [0.05, 0.1) is 18.4 Å². The van der Waals surface area contributed by atoms with Crippen molar-refractivity contribution in [3.8, 4) is 5.75 Å². The van der Waals surface area contributed by atoms with E-state index in [1.54, 1.807) is 6.20 Å². The monoisotopic (exact) mass is 341 g/mol. The first-order chi connectivity index (χ1) is 12.0. The molecule has 1 aliphatic heterocycles. The third-order valence-electron chi connectivity index (χ3n) is 4.69. The van der Waals surface area contributed by atoms with Crippen molar-refractivity contribution in [3.05, 3.63) is 47.8 Å². The number of amides is 1. The van der Waals surface area contributed by atoms with Crippen molar-refractivity contribution in [1.29, 1.82) is 0 Å². The van der Waals surface area contributed by atoms with Crippen LogP contribution in [0.1, 0.15) is 48.7 Å². The fourth-order valence-corrected chi connectivity index (χ4v) is 3.15. The van der Waals surface area contributed by atoms with Gasteiger partial charge in [-0.05, 0) is 45.7 Å². The van der Waals surface area contributed by atoms with Gasteiger partial charge in [-0.15, -0.1) is 0 Å². The summed E-state index contributed by atoms with van der Waals surface area (Å²) in [7, 11) is 0. The standard InChI is InChI=1S/C20H27N3O2/c1-15(2)23-13-18(11-21-23)20(24)22-10-4-5-17(12-22)14-25-19-8-6-16(3)7-9-19/h6-9,11,13,15,17H,4-5,10,12,14H2,1-3H3. The molecule has 1 aromatic carbocycles. The molecule has 5 heteroatoms. The Kier molecular flexibility index (Phi) is 5.41. The number of aryl methyl sites for hydroxylation is 1. The van der Waals surface area contributed by atoms with Crippen LogP contribution in [0.2, 0.25) is 0 Å². The minimum atomic E-state index is 0.0759. The van der Waals surface area contributed by atoms with Gasteiger partial charge in [0.25, 0.3) is 5.91 Å². The molecule has 1 aliphatic rings. The van der Waals surface area contributed by atoms with Crippen LogP contribution in [-0.4, -0.2) is 40.3 Å². The van der Waals surface area contributed by atoms with Crippen molar-refractivity contribution in [1.82, 2.24) is 14.7 Å². The number of benzene rings is 1. The molecule has 0 N–H and O–H groups in total. The summed E-state index contributed by atoms with van der Waals surface area (Å²) in [5.74, 6) is 1.35. The van der Waals surface area contributed by atoms with Crippen LogP contribution in [0.5, 0.6) is 5.75 Å². The van der Waals surface area contributed by atoms with Gasteiger partial charge in [-0.3, -0.25) is 9.48 Å². The van der Waals surface area contributed by atoms with E-state index in [2.05, 4.69) is 38.0 Å². The van der Waals surface area contributed by atoms with Crippen LogP contribution in [0.15, 0.2) is 36.7 Å². The average Bonchev–Trinajstić information content (AvgIpc) is 3.11. The number of likely N-dealkylation sites (tertiary alicyclic amines) is 1. The lowest BCUT2D eigenvalue weighted by atomic mass is 9.98. The van der Waals surface area contributed by atoms with E-state index in [1.807, 2.05) is 27.9 Å². The first-order valence-electron chi connectivity index (χ1n) is 9.06. The second-order valence-electron chi connectivity index (χ2n) is 7.19. The average molecular weight is 341 g/mol. The lowest BCUT2D eigenvalue weighted by Gasteiger charge is -2.32. The van der Waals surface area contributed by atoms with Crippen molar-refractivity contribution < 1.29 is 9.53 Å². The van der Waals surface area contributed by atoms with Gasteiger partial charge in [0.1, 0.15) is 5.75 Å². The van der Waals surface area contributed by atoms with Gasteiger partial charge in [0.15, 0.2) is 0 Å². The van der Waals surface area contributed by atoms with Crippen molar-refractivity contribution in [2.45, 2.75) is 39.7 Å². The molecule has 0 aliphatic carbocycles. The zero-order valence-corrected chi connectivity index (χ0v) is 15.3. The van der Waals surface area contributed by atoms with E-state index < -0.39 is 0 Å². The smallest absolute Gasteiger partial charge is 0.257 e. The Labute approximate surface area is 149 Å². The Hall–Kier alpha value is -2.30. The molecule has 0 spiro atoms. The first-order valence-corrected chi connectivity index (χ1v) is 9.06. The highest BCUT2D eigenvalue weighted by Crippen LogP contribution is 2.21. The number of piperidine rings is 1. The summed E-state index contributed by atoms with van der Waals surface area (Å²) in [6.07, 6.45) is 5.64. The fraction of sp³-hybridized carbons (Fsp3) is 0.500. The van der Waals surface area contributed by atoms with Crippen molar-refractivity contribution in [3.63, 3.8) is 0 Å². The SMILES string of the molecule is Cc1ccc(OCC2CCCN(C(=O)c3cnn(C(C)C)c3)C2)cc1. The second-order valence-corrected chi connectivity index (χ2v) is 7.19. The van der Waals surface area contributed by atoms with Crippen LogP contribution in [0.3, 0.4) is 0 Å². The Bertz CT molecular complexity index is 706. The molecule has 1 unspecified atom stereocenters. The number of nitrogens with zero attached hydrogens (tertiary/aromatic N) is 3. The molecule has 2 aromatic rings. The Morgan fingerprint density at radius 1 is 1.32 bits per heavy atom. The summed E-state index contributed by atoms with van der Waals surface area (Å²) in [5.41, 5.74) is 1.90. The van der Waals surface area contributed by atoms with Crippen molar-refractivity contribution in [2.75, 3.05) is 19.7 Å². The van der Waals surface area contributed by atoms with Crippen LogP contribution in [0.4, 0.5) is 0 Å². The van der Waals surface area contributed by atoms with E-state index in [0.29, 0.717) is 18.1 Å². The van der Waals surface area contributed by atoms with E-state index in [-0.39, 0.29) is 11.9 Å². The number of ether oxygens (including phenoxy) is 1. The van der Waals surface area contributed by atoms with E-state index >= 15 is 0 Å². The molecule has 0 saturated carbocycles. The van der Waals surface area contributed by atoms with Gasteiger partial charge in [0.2, 0.25) is 0 Å². The first kappa shape index (κ1) is 17.5. The van der Waals surface area contributed by atoms with Crippen LogP contribution < -0.4 is 4.74 Å². The van der Waals surface area contributed by atoms with Crippen LogP contribution in [0, 0.1) is 12.8 Å². The summed E-state index contributed by atoms with van der Waals surface area (Å²) >= 11 is 0. The molecule has 2 heterocycles. The van der Waals surface area contributed by atoms with E-state index in [0.717, 1.165) is 31.7 Å². The van der Waals surface area contributed by atoms with Gasteiger partial charge in [0, 0.05) is 31.2 Å². The summed E-state index contributed by atoms with van der Waals surface area (Å²) in [6.45, 7) is 8.39. The third-order valence-corrected chi connectivity index (χ3v) is 4.69. The maximum absolute atomic E-state index is 12.7. The Morgan fingerprint density at radius 2 is 2.08 bits per heavy atom. The van der Waals surface area contributed by atoms with Crippen LogP contribution in [-0.2, 0) is 0 Å². The molecule has 134 valence electrons. The minimum Gasteiger partial charge on any atom is -0.493 e. The number of carbonyl (C=O) groups excluding carboxylic acids is 1. The second kappa shape index (κ2) is 7.72.